The van der Waals surface area contributed by atoms with Gasteiger partial charge in [0, 0.05) is 6.04 Å². The Morgan fingerprint density at radius 3 is 2.15 bits per heavy atom. The highest BCUT2D eigenvalue weighted by atomic mass is 16.5. The van der Waals surface area contributed by atoms with E-state index in [-0.39, 0.29) is 17.9 Å². The summed E-state index contributed by atoms with van der Waals surface area (Å²) in [7, 11) is 0. The number of amides is 2. The van der Waals surface area contributed by atoms with Gasteiger partial charge < -0.3 is 15.4 Å². The van der Waals surface area contributed by atoms with Crippen LogP contribution in [0.15, 0.2) is 42.5 Å². The van der Waals surface area contributed by atoms with Crippen molar-refractivity contribution in [3.8, 4) is 5.75 Å². The minimum atomic E-state index is -0.698. The van der Waals surface area contributed by atoms with Gasteiger partial charge in [-0.05, 0) is 57.9 Å². The maximum atomic E-state index is 12.6. The van der Waals surface area contributed by atoms with E-state index in [0.29, 0.717) is 17.0 Å². The molecule has 0 saturated heterocycles. The van der Waals surface area contributed by atoms with Gasteiger partial charge in [0.05, 0.1) is 11.3 Å². The average Bonchev–Trinajstić information content (AvgIpc) is 2.57. The molecule has 0 aromatic heterocycles. The Hall–Kier alpha value is -2.82. The van der Waals surface area contributed by atoms with Gasteiger partial charge in [0.2, 0.25) is 0 Å². The fourth-order valence-corrected chi connectivity index (χ4v) is 2.58. The third-order valence-electron chi connectivity index (χ3n) is 3.92. The largest absolute Gasteiger partial charge is 0.480 e. The van der Waals surface area contributed by atoms with Gasteiger partial charge in [-0.25, -0.2) is 0 Å². The van der Waals surface area contributed by atoms with E-state index >= 15 is 0 Å². The van der Waals surface area contributed by atoms with Crippen LogP contribution in [0.5, 0.6) is 5.75 Å². The van der Waals surface area contributed by atoms with Crippen LogP contribution in [-0.4, -0.2) is 24.0 Å². The number of carbonyl (C=O) groups is 2. The summed E-state index contributed by atoms with van der Waals surface area (Å²) < 4.78 is 5.86. The average molecular weight is 354 g/mol. The van der Waals surface area contributed by atoms with Crippen LogP contribution < -0.4 is 15.4 Å². The number of para-hydroxylation sites is 2. The van der Waals surface area contributed by atoms with Crippen molar-refractivity contribution in [1.29, 1.82) is 0 Å². The van der Waals surface area contributed by atoms with E-state index in [2.05, 4.69) is 10.6 Å². The topological polar surface area (TPSA) is 67.4 Å². The quantitative estimate of drug-likeness (QED) is 0.828. The molecule has 2 aromatic rings. The molecule has 2 amide bonds. The minimum Gasteiger partial charge on any atom is -0.480 e. The molecule has 0 heterocycles. The van der Waals surface area contributed by atoms with E-state index in [0.717, 1.165) is 11.1 Å². The predicted molar refractivity (Wildman–Crippen MR) is 104 cm³/mol. The first kappa shape index (κ1) is 19.5. The maximum Gasteiger partial charge on any atom is 0.265 e. The number of benzene rings is 2. The Morgan fingerprint density at radius 1 is 0.923 bits per heavy atom. The molecule has 0 spiro atoms. The monoisotopic (exact) mass is 354 g/mol. The summed E-state index contributed by atoms with van der Waals surface area (Å²) in [5.74, 6) is 0.178. The van der Waals surface area contributed by atoms with Crippen LogP contribution in [0.1, 0.15) is 42.3 Å². The summed E-state index contributed by atoms with van der Waals surface area (Å²) in [6, 6.07) is 12.8. The number of hydrogen-bond donors (Lipinski definition) is 2. The van der Waals surface area contributed by atoms with Crippen LogP contribution in [0.2, 0.25) is 0 Å². The van der Waals surface area contributed by atoms with Gasteiger partial charge in [-0.2, -0.15) is 0 Å². The first-order chi connectivity index (χ1) is 12.3. The molecule has 5 nitrogen and oxygen atoms in total. The minimum absolute atomic E-state index is 0.0116. The molecule has 2 rings (SSSR count). The molecular weight excluding hydrogens is 328 g/mol. The Bertz CT molecular complexity index is 779. The fourth-order valence-electron chi connectivity index (χ4n) is 2.58. The molecule has 0 aliphatic heterocycles. The van der Waals surface area contributed by atoms with Gasteiger partial charge in [0.25, 0.3) is 11.8 Å². The molecular formula is C21H26N2O3. The van der Waals surface area contributed by atoms with Crippen LogP contribution in [0.25, 0.3) is 0 Å². The van der Waals surface area contributed by atoms with Crippen LogP contribution in [0.3, 0.4) is 0 Å². The number of aryl methyl sites for hydroxylation is 2. The molecule has 138 valence electrons. The second-order valence-electron chi connectivity index (χ2n) is 6.64. The van der Waals surface area contributed by atoms with Crippen LogP contribution >= 0.6 is 0 Å². The molecule has 0 radical (unpaired) electrons. The highest BCUT2D eigenvalue weighted by Crippen LogP contribution is 2.24. The Kier molecular flexibility index (Phi) is 6.39. The van der Waals surface area contributed by atoms with E-state index in [9.17, 15) is 9.59 Å². The third kappa shape index (κ3) is 4.85. The molecule has 2 aromatic carbocycles. The van der Waals surface area contributed by atoms with Crippen LogP contribution in [0.4, 0.5) is 5.69 Å². The number of ether oxygens (including phenoxy) is 1. The van der Waals surface area contributed by atoms with Crippen molar-refractivity contribution in [2.75, 3.05) is 5.32 Å². The number of carbonyl (C=O) groups excluding carboxylic acids is 2. The van der Waals surface area contributed by atoms with Gasteiger partial charge in [-0.15, -0.1) is 0 Å². The molecule has 2 N–H and O–H groups in total. The van der Waals surface area contributed by atoms with Gasteiger partial charge in [0.15, 0.2) is 6.10 Å². The Labute approximate surface area is 154 Å². The number of rotatable bonds is 6. The Balaban J connectivity index is 2.13. The van der Waals surface area contributed by atoms with Crippen LogP contribution in [0, 0.1) is 13.8 Å². The smallest absolute Gasteiger partial charge is 0.265 e. The SMILES string of the molecule is Cc1cccc(C)c1O[C@H](C)C(=O)Nc1ccccc1C(=O)NC(C)C. The molecule has 1 atom stereocenters. The summed E-state index contributed by atoms with van der Waals surface area (Å²) >= 11 is 0. The van der Waals surface area contributed by atoms with E-state index in [1.165, 1.54) is 0 Å². The molecule has 0 bridgehead atoms. The van der Waals surface area contributed by atoms with Crippen molar-refractivity contribution >= 4 is 17.5 Å². The van der Waals surface area contributed by atoms with E-state index < -0.39 is 6.10 Å². The lowest BCUT2D eigenvalue weighted by Gasteiger charge is -2.19. The summed E-state index contributed by atoms with van der Waals surface area (Å²) in [5, 5.41) is 5.63. The number of anilines is 1. The first-order valence-corrected chi connectivity index (χ1v) is 8.73. The van der Waals surface area contributed by atoms with Crippen molar-refractivity contribution in [3.05, 3.63) is 59.2 Å². The summed E-state index contributed by atoms with van der Waals surface area (Å²) in [6.07, 6.45) is -0.698. The lowest BCUT2D eigenvalue weighted by molar-refractivity contribution is -0.122. The van der Waals surface area contributed by atoms with Crippen molar-refractivity contribution in [2.45, 2.75) is 46.8 Å². The highest BCUT2D eigenvalue weighted by Gasteiger charge is 2.20. The zero-order chi connectivity index (χ0) is 19.3. The zero-order valence-corrected chi connectivity index (χ0v) is 15.9. The van der Waals surface area contributed by atoms with Crippen LogP contribution in [-0.2, 0) is 4.79 Å². The molecule has 0 aliphatic carbocycles. The number of hydrogen-bond acceptors (Lipinski definition) is 3. The lowest BCUT2D eigenvalue weighted by atomic mass is 10.1. The van der Waals surface area contributed by atoms with Gasteiger partial charge in [0.1, 0.15) is 5.75 Å². The maximum absolute atomic E-state index is 12.6. The van der Waals surface area contributed by atoms with Crippen molar-refractivity contribution in [2.24, 2.45) is 0 Å². The van der Waals surface area contributed by atoms with Crippen molar-refractivity contribution in [3.63, 3.8) is 0 Å². The normalized spacial score (nSPS) is 11.8. The molecule has 0 fully saturated rings. The molecule has 26 heavy (non-hydrogen) atoms. The molecule has 0 unspecified atom stereocenters. The third-order valence-corrected chi connectivity index (χ3v) is 3.92. The fraction of sp³-hybridized carbons (Fsp3) is 0.333. The van der Waals surface area contributed by atoms with Gasteiger partial charge >= 0.3 is 0 Å². The summed E-state index contributed by atoms with van der Waals surface area (Å²) in [4.78, 5) is 24.9. The highest BCUT2D eigenvalue weighted by molar-refractivity contribution is 6.04. The molecule has 5 heteroatoms. The second-order valence-corrected chi connectivity index (χ2v) is 6.64. The first-order valence-electron chi connectivity index (χ1n) is 8.73. The van der Waals surface area contributed by atoms with Crippen molar-refractivity contribution in [1.82, 2.24) is 5.32 Å². The van der Waals surface area contributed by atoms with Crippen molar-refractivity contribution < 1.29 is 14.3 Å². The summed E-state index contributed by atoms with van der Waals surface area (Å²) in [5.41, 5.74) is 2.84. The second kappa shape index (κ2) is 8.52. The van der Waals surface area contributed by atoms with Gasteiger partial charge in [-0.1, -0.05) is 30.3 Å². The zero-order valence-electron chi connectivity index (χ0n) is 15.9. The number of nitrogens with one attached hydrogen (secondary N) is 2. The lowest BCUT2D eigenvalue weighted by Crippen LogP contribution is -2.33. The molecule has 0 saturated carbocycles. The summed E-state index contributed by atoms with van der Waals surface area (Å²) in [6.45, 7) is 9.36. The Morgan fingerprint density at radius 2 is 1.54 bits per heavy atom. The predicted octanol–water partition coefficient (Wildman–Crippen LogP) is 3.85. The van der Waals surface area contributed by atoms with Gasteiger partial charge in [-0.3, -0.25) is 9.59 Å². The van der Waals surface area contributed by atoms with E-state index in [4.69, 9.17) is 4.74 Å². The molecule has 0 aliphatic rings. The standard InChI is InChI=1S/C21H26N2O3/c1-13(2)22-21(25)17-11-6-7-12-18(17)23-20(24)16(5)26-19-14(3)9-8-10-15(19)4/h6-13,16H,1-5H3,(H,22,25)(H,23,24)/t16-/m1/s1. The van der Waals surface area contributed by atoms with E-state index in [1.807, 2.05) is 45.9 Å². The van der Waals surface area contributed by atoms with E-state index in [1.54, 1.807) is 31.2 Å².